The normalized spacial score (nSPS) is 17.4. The van der Waals surface area contributed by atoms with Gasteiger partial charge in [0.15, 0.2) is 0 Å². The Morgan fingerprint density at radius 3 is 2.89 bits per heavy atom. The number of aryl methyl sites for hydroxylation is 1. The highest BCUT2D eigenvalue weighted by Crippen LogP contribution is 2.17. The summed E-state index contributed by atoms with van der Waals surface area (Å²) in [6.07, 6.45) is 6.43. The van der Waals surface area contributed by atoms with Crippen LogP contribution in [0, 0.1) is 6.92 Å². The number of nitrogens with one attached hydrogen (secondary N) is 2. The van der Waals surface area contributed by atoms with Crippen LogP contribution in [0.5, 0.6) is 0 Å². The SMILES string of the molecule is Cc1nccc(CNC(C)C(=O)NC2CCCC2)n1. The Morgan fingerprint density at radius 1 is 1.47 bits per heavy atom. The summed E-state index contributed by atoms with van der Waals surface area (Å²) >= 11 is 0. The molecule has 0 aliphatic heterocycles. The zero-order chi connectivity index (χ0) is 13.7. The molecular formula is C14H22N4O. The van der Waals surface area contributed by atoms with Crippen molar-refractivity contribution in [3.8, 4) is 0 Å². The lowest BCUT2D eigenvalue weighted by Crippen LogP contribution is -2.45. The first-order valence-electron chi connectivity index (χ1n) is 6.97. The Kier molecular flexibility index (Phi) is 4.85. The van der Waals surface area contributed by atoms with Gasteiger partial charge in [-0.3, -0.25) is 4.79 Å². The van der Waals surface area contributed by atoms with Crippen LogP contribution >= 0.6 is 0 Å². The summed E-state index contributed by atoms with van der Waals surface area (Å²) in [5, 5.41) is 6.29. The van der Waals surface area contributed by atoms with Gasteiger partial charge in [0.1, 0.15) is 5.82 Å². The van der Waals surface area contributed by atoms with E-state index < -0.39 is 0 Å². The van der Waals surface area contributed by atoms with Gasteiger partial charge in [-0.2, -0.15) is 0 Å². The molecular weight excluding hydrogens is 240 g/mol. The van der Waals surface area contributed by atoms with Gasteiger partial charge in [-0.05, 0) is 32.8 Å². The number of carbonyl (C=O) groups is 1. The second kappa shape index (κ2) is 6.61. The molecule has 1 aromatic heterocycles. The fourth-order valence-electron chi connectivity index (χ4n) is 2.35. The van der Waals surface area contributed by atoms with Crippen molar-refractivity contribution in [1.82, 2.24) is 20.6 Å². The summed E-state index contributed by atoms with van der Waals surface area (Å²) in [7, 11) is 0. The van der Waals surface area contributed by atoms with Crippen LogP contribution in [-0.2, 0) is 11.3 Å². The van der Waals surface area contributed by atoms with E-state index in [0.717, 1.165) is 24.4 Å². The maximum Gasteiger partial charge on any atom is 0.237 e. The van der Waals surface area contributed by atoms with Gasteiger partial charge < -0.3 is 10.6 Å². The highest BCUT2D eigenvalue weighted by atomic mass is 16.2. The van der Waals surface area contributed by atoms with Crippen LogP contribution in [-0.4, -0.2) is 28.0 Å². The predicted octanol–water partition coefficient (Wildman–Crippen LogP) is 1.32. The average molecular weight is 262 g/mol. The zero-order valence-electron chi connectivity index (χ0n) is 11.6. The molecule has 0 aromatic carbocycles. The van der Waals surface area contributed by atoms with Crippen molar-refractivity contribution < 1.29 is 4.79 Å². The molecule has 1 aliphatic rings. The molecule has 19 heavy (non-hydrogen) atoms. The number of hydrogen-bond donors (Lipinski definition) is 2. The molecule has 5 heteroatoms. The van der Waals surface area contributed by atoms with E-state index in [1.165, 1.54) is 12.8 Å². The second-order valence-electron chi connectivity index (χ2n) is 5.19. The predicted molar refractivity (Wildman–Crippen MR) is 73.5 cm³/mol. The fraction of sp³-hybridized carbons (Fsp3) is 0.643. The third-order valence-corrected chi connectivity index (χ3v) is 3.52. The van der Waals surface area contributed by atoms with Crippen LogP contribution in [0.15, 0.2) is 12.3 Å². The van der Waals surface area contributed by atoms with E-state index in [-0.39, 0.29) is 11.9 Å². The number of amides is 1. The molecule has 1 amide bonds. The topological polar surface area (TPSA) is 66.9 Å². The van der Waals surface area contributed by atoms with Crippen molar-refractivity contribution in [3.05, 3.63) is 23.8 Å². The maximum atomic E-state index is 12.0. The van der Waals surface area contributed by atoms with E-state index in [2.05, 4.69) is 20.6 Å². The molecule has 1 unspecified atom stereocenters. The third-order valence-electron chi connectivity index (χ3n) is 3.52. The van der Waals surface area contributed by atoms with Crippen molar-refractivity contribution in [2.24, 2.45) is 0 Å². The highest BCUT2D eigenvalue weighted by Gasteiger charge is 2.20. The Bertz CT molecular complexity index is 429. The minimum atomic E-state index is -0.198. The number of aromatic nitrogens is 2. The lowest BCUT2D eigenvalue weighted by Gasteiger charge is -2.17. The number of carbonyl (C=O) groups excluding carboxylic acids is 1. The molecule has 1 fully saturated rings. The molecule has 1 saturated carbocycles. The summed E-state index contributed by atoms with van der Waals surface area (Å²) in [6, 6.07) is 2.04. The standard InChI is InChI=1S/C14H22N4O/c1-10(14(19)18-12-5-3-4-6-12)16-9-13-7-8-15-11(2)17-13/h7-8,10,12,16H,3-6,9H2,1-2H3,(H,18,19). The first kappa shape index (κ1) is 13.9. The average Bonchev–Trinajstić information content (AvgIpc) is 2.89. The van der Waals surface area contributed by atoms with E-state index in [0.29, 0.717) is 12.6 Å². The van der Waals surface area contributed by atoms with E-state index in [4.69, 9.17) is 0 Å². The van der Waals surface area contributed by atoms with Gasteiger partial charge in [0.2, 0.25) is 5.91 Å². The van der Waals surface area contributed by atoms with Crippen molar-refractivity contribution in [3.63, 3.8) is 0 Å². The second-order valence-corrected chi connectivity index (χ2v) is 5.19. The van der Waals surface area contributed by atoms with Crippen LogP contribution < -0.4 is 10.6 Å². The molecule has 1 atom stereocenters. The monoisotopic (exact) mass is 262 g/mol. The molecule has 1 aliphatic carbocycles. The molecule has 1 aromatic rings. The minimum Gasteiger partial charge on any atom is -0.352 e. The van der Waals surface area contributed by atoms with Crippen molar-refractivity contribution in [1.29, 1.82) is 0 Å². The molecule has 0 spiro atoms. The van der Waals surface area contributed by atoms with Crippen molar-refractivity contribution >= 4 is 5.91 Å². The van der Waals surface area contributed by atoms with Gasteiger partial charge in [0, 0.05) is 18.8 Å². The summed E-state index contributed by atoms with van der Waals surface area (Å²) < 4.78 is 0. The molecule has 0 saturated heterocycles. The number of nitrogens with zero attached hydrogens (tertiary/aromatic N) is 2. The minimum absolute atomic E-state index is 0.0812. The Hall–Kier alpha value is -1.49. The van der Waals surface area contributed by atoms with E-state index in [1.54, 1.807) is 6.20 Å². The number of hydrogen-bond acceptors (Lipinski definition) is 4. The van der Waals surface area contributed by atoms with Crippen LogP contribution in [0.25, 0.3) is 0 Å². The van der Waals surface area contributed by atoms with Gasteiger partial charge in [0.05, 0.1) is 11.7 Å². The molecule has 0 bridgehead atoms. The van der Waals surface area contributed by atoms with Crippen molar-refractivity contribution in [2.75, 3.05) is 0 Å². The van der Waals surface area contributed by atoms with E-state index in [1.807, 2.05) is 19.9 Å². The quantitative estimate of drug-likeness (QED) is 0.840. The lowest BCUT2D eigenvalue weighted by atomic mass is 10.2. The van der Waals surface area contributed by atoms with Crippen LogP contribution in [0.4, 0.5) is 0 Å². The Morgan fingerprint density at radius 2 is 2.21 bits per heavy atom. The van der Waals surface area contributed by atoms with Crippen LogP contribution in [0.2, 0.25) is 0 Å². The van der Waals surface area contributed by atoms with Gasteiger partial charge in [-0.1, -0.05) is 12.8 Å². The van der Waals surface area contributed by atoms with Gasteiger partial charge >= 0.3 is 0 Å². The fourth-order valence-corrected chi connectivity index (χ4v) is 2.35. The first-order chi connectivity index (χ1) is 9.15. The first-order valence-corrected chi connectivity index (χ1v) is 6.97. The molecule has 2 rings (SSSR count). The Balaban J connectivity index is 1.76. The van der Waals surface area contributed by atoms with Crippen LogP contribution in [0.3, 0.4) is 0 Å². The van der Waals surface area contributed by atoms with E-state index >= 15 is 0 Å². The largest absolute Gasteiger partial charge is 0.352 e. The maximum absolute atomic E-state index is 12.0. The van der Waals surface area contributed by atoms with Gasteiger partial charge in [0.25, 0.3) is 0 Å². The smallest absolute Gasteiger partial charge is 0.237 e. The molecule has 5 nitrogen and oxygen atoms in total. The Labute approximate surface area is 114 Å². The number of rotatable bonds is 5. The van der Waals surface area contributed by atoms with Crippen LogP contribution in [0.1, 0.15) is 44.1 Å². The van der Waals surface area contributed by atoms with Gasteiger partial charge in [-0.25, -0.2) is 9.97 Å². The zero-order valence-corrected chi connectivity index (χ0v) is 11.6. The third kappa shape index (κ3) is 4.28. The van der Waals surface area contributed by atoms with E-state index in [9.17, 15) is 4.79 Å². The summed E-state index contributed by atoms with van der Waals surface area (Å²) in [5.41, 5.74) is 0.910. The highest BCUT2D eigenvalue weighted by molar-refractivity contribution is 5.81. The molecule has 0 radical (unpaired) electrons. The lowest BCUT2D eigenvalue weighted by molar-refractivity contribution is -0.123. The van der Waals surface area contributed by atoms with Gasteiger partial charge in [-0.15, -0.1) is 0 Å². The summed E-state index contributed by atoms with van der Waals surface area (Å²) in [5.74, 6) is 0.833. The molecule has 104 valence electrons. The molecule has 1 heterocycles. The summed E-state index contributed by atoms with van der Waals surface area (Å²) in [6.45, 7) is 4.33. The molecule has 2 N–H and O–H groups in total. The summed E-state index contributed by atoms with van der Waals surface area (Å²) in [4.78, 5) is 20.3. The van der Waals surface area contributed by atoms with Crippen molar-refractivity contribution in [2.45, 2.75) is 58.2 Å².